The molecule has 2 aliphatic carbocycles. The van der Waals surface area contributed by atoms with Gasteiger partial charge in [0.25, 0.3) is 0 Å². The predicted molar refractivity (Wildman–Crippen MR) is 68.5 cm³/mol. The van der Waals surface area contributed by atoms with Crippen LogP contribution in [0.4, 0.5) is 4.79 Å². The second kappa shape index (κ2) is 4.59. The zero-order valence-electron chi connectivity index (χ0n) is 12.0. The largest absolute Gasteiger partial charge is 0.481 e. The summed E-state index contributed by atoms with van der Waals surface area (Å²) >= 11 is 0. The van der Waals surface area contributed by atoms with Crippen molar-refractivity contribution in [2.45, 2.75) is 44.4 Å². The van der Waals surface area contributed by atoms with Crippen LogP contribution in [-0.2, 0) is 14.3 Å². The Morgan fingerprint density at radius 1 is 1.24 bits per heavy atom. The highest BCUT2D eigenvalue weighted by Crippen LogP contribution is 2.62. The van der Waals surface area contributed by atoms with Gasteiger partial charge in [-0.1, -0.05) is 0 Å². The van der Waals surface area contributed by atoms with Crippen molar-refractivity contribution in [2.75, 3.05) is 0 Å². The maximum absolute atomic E-state index is 11.8. The second-order valence-corrected chi connectivity index (χ2v) is 6.64. The van der Waals surface area contributed by atoms with Crippen LogP contribution < -0.4 is 5.32 Å². The number of rotatable bonds is 3. The molecular weight excluding hydrogens is 282 g/mol. The lowest BCUT2D eigenvalue weighted by atomic mass is 9.89. The monoisotopic (exact) mass is 301 g/mol. The minimum Gasteiger partial charge on any atom is -0.481 e. The number of amides is 1. The van der Waals surface area contributed by atoms with Crippen molar-refractivity contribution in [3.63, 3.8) is 0 Å². The van der Waals surface area contributed by atoms with Crippen LogP contribution >= 0.6 is 0 Å². The van der Waals surface area contributed by atoms with Gasteiger partial charge in [-0.15, -0.1) is 0 Å². The molecule has 0 bridgehead atoms. The van der Waals surface area contributed by atoms with E-state index in [1.807, 2.05) is 0 Å². The normalized spacial score (nSPS) is 37.5. The first kappa shape index (κ1) is 15.6. The van der Waals surface area contributed by atoms with Crippen LogP contribution in [0, 0.1) is 17.8 Å². The van der Waals surface area contributed by atoms with Crippen LogP contribution in [0.2, 0.25) is 0 Å². The van der Waals surface area contributed by atoms with E-state index in [1.165, 1.54) is 0 Å². The summed E-state index contributed by atoms with van der Waals surface area (Å²) < 4.78 is 5.03. The Kier molecular flexibility index (Phi) is 3.40. The summed E-state index contributed by atoms with van der Waals surface area (Å²) in [5.41, 5.74) is -2.61. The third kappa shape index (κ3) is 2.55. The average Bonchev–Trinajstić information content (AvgIpc) is 2.94. The molecule has 2 rings (SSSR count). The lowest BCUT2D eigenvalue weighted by molar-refractivity contribution is -0.147. The van der Waals surface area contributed by atoms with E-state index in [2.05, 4.69) is 5.32 Å². The van der Waals surface area contributed by atoms with Gasteiger partial charge in [0.15, 0.2) is 0 Å². The number of hydrogen-bond acceptors (Lipinski definition) is 5. The van der Waals surface area contributed by atoms with Crippen LogP contribution in [0.1, 0.15) is 27.2 Å². The maximum Gasteiger partial charge on any atom is 0.408 e. The Morgan fingerprint density at radius 3 is 2.19 bits per heavy atom. The van der Waals surface area contributed by atoms with Crippen molar-refractivity contribution < 1.29 is 34.4 Å². The SMILES string of the molecule is CC(C)(C)OC(=O)NC1(C(=O)O)CC(O)C2C(C(=O)O)C21. The number of aliphatic carboxylic acids is 2. The minimum atomic E-state index is -1.80. The number of carbonyl (C=O) groups excluding carboxylic acids is 1. The number of fused-ring (bicyclic) bond motifs is 1. The fourth-order valence-corrected chi connectivity index (χ4v) is 3.27. The Hall–Kier alpha value is -1.83. The van der Waals surface area contributed by atoms with Crippen molar-refractivity contribution in [1.29, 1.82) is 0 Å². The quantitative estimate of drug-likeness (QED) is 0.578. The van der Waals surface area contributed by atoms with Gasteiger partial charge in [-0.3, -0.25) is 4.79 Å². The number of carboxylic acids is 2. The first-order chi connectivity index (χ1) is 9.49. The van der Waals surface area contributed by atoms with Crippen LogP contribution in [-0.4, -0.2) is 50.6 Å². The van der Waals surface area contributed by atoms with E-state index in [0.29, 0.717) is 0 Å². The molecule has 5 atom stereocenters. The van der Waals surface area contributed by atoms with Crippen molar-refractivity contribution in [3.8, 4) is 0 Å². The Labute approximate surface area is 121 Å². The molecule has 0 spiro atoms. The molecule has 8 heteroatoms. The van der Waals surface area contributed by atoms with Gasteiger partial charge in [0.05, 0.1) is 12.0 Å². The molecule has 0 heterocycles. The molecule has 2 aliphatic rings. The molecule has 2 fully saturated rings. The van der Waals surface area contributed by atoms with Gasteiger partial charge in [0, 0.05) is 18.3 Å². The van der Waals surface area contributed by atoms with Crippen LogP contribution in [0.3, 0.4) is 0 Å². The van der Waals surface area contributed by atoms with E-state index in [-0.39, 0.29) is 6.42 Å². The molecule has 0 aliphatic heterocycles. The Morgan fingerprint density at radius 2 is 1.81 bits per heavy atom. The third-order valence-corrected chi connectivity index (χ3v) is 4.01. The lowest BCUT2D eigenvalue weighted by Crippen LogP contribution is -2.57. The molecule has 21 heavy (non-hydrogen) atoms. The highest BCUT2D eigenvalue weighted by atomic mass is 16.6. The number of hydrogen-bond donors (Lipinski definition) is 4. The highest BCUT2D eigenvalue weighted by Gasteiger charge is 2.75. The summed E-state index contributed by atoms with van der Waals surface area (Å²) in [6.45, 7) is 4.89. The van der Waals surface area contributed by atoms with Gasteiger partial charge in [-0.05, 0) is 20.8 Å². The molecule has 118 valence electrons. The summed E-state index contributed by atoms with van der Waals surface area (Å²) in [6.07, 6.45) is -2.23. The van der Waals surface area contributed by atoms with Crippen molar-refractivity contribution in [1.82, 2.24) is 5.32 Å². The number of carbonyl (C=O) groups is 3. The summed E-state index contributed by atoms with van der Waals surface area (Å²) in [7, 11) is 0. The first-order valence-electron chi connectivity index (χ1n) is 6.65. The van der Waals surface area contributed by atoms with Crippen molar-refractivity contribution >= 4 is 18.0 Å². The van der Waals surface area contributed by atoms with Gasteiger partial charge in [0.1, 0.15) is 11.1 Å². The molecule has 0 saturated heterocycles. The van der Waals surface area contributed by atoms with Crippen LogP contribution in [0.25, 0.3) is 0 Å². The Bertz CT molecular complexity index is 497. The summed E-state index contributed by atoms with van der Waals surface area (Å²) in [6, 6.07) is 0. The number of aliphatic hydroxyl groups excluding tert-OH is 1. The molecule has 1 amide bonds. The van der Waals surface area contributed by atoms with Gasteiger partial charge in [-0.2, -0.15) is 0 Å². The average molecular weight is 301 g/mol. The second-order valence-electron chi connectivity index (χ2n) is 6.64. The van der Waals surface area contributed by atoms with Gasteiger partial charge >= 0.3 is 18.0 Å². The first-order valence-corrected chi connectivity index (χ1v) is 6.65. The molecular formula is C13H19NO7. The zero-order chi connectivity index (χ0) is 16.2. The molecule has 2 saturated carbocycles. The predicted octanol–water partition coefficient (Wildman–Crippen LogP) is 0.0459. The number of ether oxygens (including phenoxy) is 1. The van der Waals surface area contributed by atoms with Crippen molar-refractivity contribution in [3.05, 3.63) is 0 Å². The van der Waals surface area contributed by atoms with Gasteiger partial charge in [-0.25, -0.2) is 9.59 Å². The van der Waals surface area contributed by atoms with E-state index in [9.17, 15) is 24.6 Å². The molecule has 0 aromatic heterocycles. The fourth-order valence-electron chi connectivity index (χ4n) is 3.27. The van der Waals surface area contributed by atoms with E-state index >= 15 is 0 Å². The summed E-state index contributed by atoms with van der Waals surface area (Å²) in [5.74, 6) is -4.95. The third-order valence-electron chi connectivity index (χ3n) is 4.01. The number of nitrogens with one attached hydrogen (secondary N) is 1. The summed E-state index contributed by atoms with van der Waals surface area (Å²) in [4.78, 5) is 34.5. The summed E-state index contributed by atoms with van der Waals surface area (Å²) in [5, 5.41) is 30.7. The van der Waals surface area contributed by atoms with Gasteiger partial charge in [0.2, 0.25) is 0 Å². The van der Waals surface area contributed by atoms with Crippen molar-refractivity contribution in [2.24, 2.45) is 17.8 Å². The fraction of sp³-hybridized carbons (Fsp3) is 0.769. The topological polar surface area (TPSA) is 133 Å². The van der Waals surface area contributed by atoms with Crippen LogP contribution in [0.5, 0.6) is 0 Å². The Balaban J connectivity index is 2.21. The van der Waals surface area contributed by atoms with E-state index in [4.69, 9.17) is 9.84 Å². The maximum atomic E-state index is 11.8. The molecule has 5 unspecified atom stereocenters. The standard InChI is InChI=1S/C13H19NO7/c1-12(2,3)21-11(20)14-13(10(18)19)4-5(15)6-7(8(6)13)9(16)17/h5-8,15H,4H2,1-3H3,(H,14,20)(H,16,17)(H,18,19). The highest BCUT2D eigenvalue weighted by molar-refractivity contribution is 5.89. The van der Waals surface area contributed by atoms with E-state index < -0.39 is 53.0 Å². The van der Waals surface area contributed by atoms with E-state index in [0.717, 1.165) is 0 Å². The van der Waals surface area contributed by atoms with E-state index in [1.54, 1.807) is 20.8 Å². The zero-order valence-corrected chi connectivity index (χ0v) is 12.0. The molecule has 0 aromatic rings. The van der Waals surface area contributed by atoms with Crippen LogP contribution in [0.15, 0.2) is 0 Å². The molecule has 0 aromatic carbocycles. The number of aliphatic hydroxyl groups is 1. The molecule has 8 nitrogen and oxygen atoms in total. The number of alkyl carbamates (subject to hydrolysis) is 1. The molecule has 4 N–H and O–H groups in total. The van der Waals surface area contributed by atoms with Gasteiger partial charge < -0.3 is 25.4 Å². The number of carboxylic acid groups (broad SMARTS) is 2. The minimum absolute atomic E-state index is 0.222. The lowest BCUT2D eigenvalue weighted by Gasteiger charge is -2.30. The molecule has 0 radical (unpaired) electrons. The smallest absolute Gasteiger partial charge is 0.408 e.